The fourth-order valence-electron chi connectivity index (χ4n) is 2.29. The number of carbonyl (C=O) groups excluding carboxylic acids is 2. The van der Waals surface area contributed by atoms with E-state index in [1.54, 1.807) is 19.1 Å². The number of ether oxygens (including phenoxy) is 1. The highest BCUT2D eigenvalue weighted by molar-refractivity contribution is 5.95. The van der Waals surface area contributed by atoms with Crippen LogP contribution in [0.15, 0.2) is 27.4 Å². The molecule has 1 aromatic carbocycles. The summed E-state index contributed by atoms with van der Waals surface area (Å²) in [6, 6.07) is 4.74. The Hall–Kier alpha value is -2.43. The fourth-order valence-corrected chi connectivity index (χ4v) is 2.29. The molecule has 0 saturated heterocycles. The fraction of sp³-hybridized carbons (Fsp3) is 0.353. The van der Waals surface area contributed by atoms with Crippen molar-refractivity contribution in [2.45, 2.75) is 33.1 Å². The van der Waals surface area contributed by atoms with Crippen LogP contribution in [0.2, 0.25) is 0 Å². The first-order valence-electron chi connectivity index (χ1n) is 7.25. The summed E-state index contributed by atoms with van der Waals surface area (Å²) >= 11 is 0. The molecule has 5 nitrogen and oxygen atoms in total. The molecule has 0 aliphatic carbocycles. The van der Waals surface area contributed by atoms with Crippen LogP contribution < -0.4 is 5.63 Å². The molecule has 0 N–H and O–H groups in total. The number of hydrogen-bond donors (Lipinski definition) is 0. The standard InChI is InChI=1S/C17H18O5/c1-4-10(3)13-7-11(9-18)6-12-8-14(16(19)21-5-2)17(20)22-15(12)13/h6-10H,4-5H2,1-3H3. The molecule has 1 aromatic heterocycles. The predicted octanol–water partition coefficient (Wildman–Crippen LogP) is 3.30. The molecule has 2 aromatic rings. The van der Waals surface area contributed by atoms with Crippen molar-refractivity contribution < 1.29 is 18.7 Å². The Kier molecular flexibility index (Phi) is 4.75. The molecular formula is C17H18O5. The molecular weight excluding hydrogens is 284 g/mol. The van der Waals surface area contributed by atoms with Crippen LogP contribution in [-0.2, 0) is 4.74 Å². The average molecular weight is 302 g/mol. The van der Waals surface area contributed by atoms with Gasteiger partial charge in [0.05, 0.1) is 6.61 Å². The number of carbonyl (C=O) groups is 2. The van der Waals surface area contributed by atoms with Gasteiger partial charge in [0.1, 0.15) is 17.4 Å². The third-order valence-electron chi connectivity index (χ3n) is 3.66. The zero-order valence-electron chi connectivity index (χ0n) is 12.8. The van der Waals surface area contributed by atoms with Gasteiger partial charge in [-0.2, -0.15) is 0 Å². The van der Waals surface area contributed by atoms with Gasteiger partial charge in [-0.05, 0) is 43.0 Å². The van der Waals surface area contributed by atoms with Crippen molar-refractivity contribution in [2.75, 3.05) is 6.61 Å². The van der Waals surface area contributed by atoms with Gasteiger partial charge >= 0.3 is 11.6 Å². The van der Waals surface area contributed by atoms with Crippen molar-refractivity contribution in [3.05, 3.63) is 45.3 Å². The number of fused-ring (bicyclic) bond motifs is 1. The number of benzene rings is 1. The summed E-state index contributed by atoms with van der Waals surface area (Å²) < 4.78 is 10.2. The quantitative estimate of drug-likeness (QED) is 0.481. The molecule has 0 fully saturated rings. The van der Waals surface area contributed by atoms with E-state index in [-0.39, 0.29) is 18.1 Å². The molecule has 1 unspecified atom stereocenters. The maximum atomic E-state index is 12.0. The van der Waals surface area contributed by atoms with Crippen LogP contribution in [-0.4, -0.2) is 18.9 Å². The van der Waals surface area contributed by atoms with Gasteiger partial charge in [-0.15, -0.1) is 0 Å². The second-order valence-electron chi connectivity index (χ2n) is 5.12. The predicted molar refractivity (Wildman–Crippen MR) is 82.5 cm³/mol. The highest BCUT2D eigenvalue weighted by Gasteiger charge is 2.18. The lowest BCUT2D eigenvalue weighted by Gasteiger charge is -2.12. The Balaban J connectivity index is 2.74. The van der Waals surface area contributed by atoms with Crippen LogP contribution in [0.5, 0.6) is 0 Å². The summed E-state index contributed by atoms with van der Waals surface area (Å²) in [6.45, 7) is 5.83. The molecule has 0 spiro atoms. The average Bonchev–Trinajstić information content (AvgIpc) is 2.52. The maximum absolute atomic E-state index is 12.0. The zero-order valence-corrected chi connectivity index (χ0v) is 12.8. The summed E-state index contributed by atoms with van der Waals surface area (Å²) in [5.74, 6) is -0.598. The Labute approximate surface area is 127 Å². The summed E-state index contributed by atoms with van der Waals surface area (Å²) in [7, 11) is 0. The highest BCUT2D eigenvalue weighted by atomic mass is 16.5. The zero-order chi connectivity index (χ0) is 16.3. The normalized spacial score (nSPS) is 12.1. The summed E-state index contributed by atoms with van der Waals surface area (Å²) in [5.41, 5.74) is 0.793. The van der Waals surface area contributed by atoms with E-state index in [4.69, 9.17) is 9.15 Å². The van der Waals surface area contributed by atoms with Crippen molar-refractivity contribution in [1.82, 2.24) is 0 Å². The van der Waals surface area contributed by atoms with E-state index in [0.29, 0.717) is 16.5 Å². The Morgan fingerprint density at radius 3 is 2.64 bits per heavy atom. The number of aldehydes is 1. The third-order valence-corrected chi connectivity index (χ3v) is 3.66. The van der Waals surface area contributed by atoms with Gasteiger partial charge in [0.2, 0.25) is 0 Å². The smallest absolute Gasteiger partial charge is 0.351 e. The third kappa shape index (κ3) is 2.93. The van der Waals surface area contributed by atoms with Crippen LogP contribution in [0.1, 0.15) is 59.4 Å². The van der Waals surface area contributed by atoms with Gasteiger partial charge < -0.3 is 9.15 Å². The first kappa shape index (κ1) is 15.9. The summed E-state index contributed by atoms with van der Waals surface area (Å²) in [4.78, 5) is 34.9. The van der Waals surface area contributed by atoms with Gasteiger partial charge in [0.25, 0.3) is 0 Å². The molecule has 5 heteroatoms. The minimum absolute atomic E-state index is 0.124. The Bertz CT molecular complexity index is 772. The second kappa shape index (κ2) is 6.56. The van der Waals surface area contributed by atoms with Crippen LogP contribution >= 0.6 is 0 Å². The molecule has 22 heavy (non-hydrogen) atoms. The molecule has 0 aliphatic rings. The highest BCUT2D eigenvalue weighted by Crippen LogP contribution is 2.28. The molecule has 1 atom stereocenters. The van der Waals surface area contributed by atoms with Crippen molar-refractivity contribution in [3.8, 4) is 0 Å². The number of rotatable bonds is 5. The second-order valence-corrected chi connectivity index (χ2v) is 5.12. The van der Waals surface area contributed by atoms with Crippen molar-refractivity contribution in [1.29, 1.82) is 0 Å². The van der Waals surface area contributed by atoms with Crippen LogP contribution in [0.3, 0.4) is 0 Å². The first-order valence-corrected chi connectivity index (χ1v) is 7.25. The van der Waals surface area contributed by atoms with E-state index in [0.717, 1.165) is 18.3 Å². The van der Waals surface area contributed by atoms with Gasteiger partial charge in [0.15, 0.2) is 0 Å². The molecule has 2 rings (SSSR count). The minimum Gasteiger partial charge on any atom is -0.462 e. The van der Waals surface area contributed by atoms with E-state index in [9.17, 15) is 14.4 Å². The molecule has 0 saturated carbocycles. The molecule has 1 heterocycles. The molecule has 0 aliphatic heterocycles. The minimum atomic E-state index is -0.727. The van der Waals surface area contributed by atoms with Gasteiger partial charge in [-0.1, -0.05) is 13.8 Å². The van der Waals surface area contributed by atoms with Crippen molar-refractivity contribution in [3.63, 3.8) is 0 Å². The van der Waals surface area contributed by atoms with Crippen LogP contribution in [0.4, 0.5) is 0 Å². The number of hydrogen-bond acceptors (Lipinski definition) is 5. The molecule has 116 valence electrons. The van der Waals surface area contributed by atoms with Crippen LogP contribution in [0.25, 0.3) is 11.0 Å². The van der Waals surface area contributed by atoms with Gasteiger partial charge in [0, 0.05) is 10.9 Å². The van der Waals surface area contributed by atoms with E-state index >= 15 is 0 Å². The van der Waals surface area contributed by atoms with E-state index in [2.05, 4.69) is 0 Å². The lowest BCUT2D eigenvalue weighted by molar-refractivity contribution is 0.0521. The van der Waals surface area contributed by atoms with Crippen LogP contribution in [0, 0.1) is 0 Å². The Morgan fingerprint density at radius 1 is 1.32 bits per heavy atom. The lowest BCUT2D eigenvalue weighted by atomic mass is 9.94. The lowest BCUT2D eigenvalue weighted by Crippen LogP contribution is -2.16. The van der Waals surface area contributed by atoms with E-state index in [1.165, 1.54) is 6.07 Å². The molecule has 0 bridgehead atoms. The molecule has 0 radical (unpaired) electrons. The van der Waals surface area contributed by atoms with Crippen molar-refractivity contribution in [2.24, 2.45) is 0 Å². The van der Waals surface area contributed by atoms with E-state index < -0.39 is 11.6 Å². The number of esters is 1. The van der Waals surface area contributed by atoms with Gasteiger partial charge in [-0.25, -0.2) is 9.59 Å². The van der Waals surface area contributed by atoms with Gasteiger partial charge in [-0.3, -0.25) is 4.79 Å². The monoisotopic (exact) mass is 302 g/mol. The first-order chi connectivity index (χ1) is 10.5. The van der Waals surface area contributed by atoms with E-state index in [1.807, 2.05) is 13.8 Å². The largest absolute Gasteiger partial charge is 0.462 e. The SMILES string of the molecule is CCOC(=O)c1cc2cc(C=O)cc(C(C)CC)c2oc1=O. The Morgan fingerprint density at radius 2 is 2.05 bits per heavy atom. The molecule has 0 amide bonds. The maximum Gasteiger partial charge on any atom is 0.351 e. The van der Waals surface area contributed by atoms with Crippen molar-refractivity contribution >= 4 is 23.2 Å². The summed E-state index contributed by atoms with van der Waals surface area (Å²) in [6.07, 6.45) is 1.57. The topological polar surface area (TPSA) is 73.6 Å². The summed E-state index contributed by atoms with van der Waals surface area (Å²) in [5, 5.41) is 0.544.